The van der Waals surface area contributed by atoms with Crippen molar-refractivity contribution >= 4 is 23.3 Å². The molecule has 0 fully saturated rings. The number of ether oxygens (including phenoxy) is 2. The summed E-state index contributed by atoms with van der Waals surface area (Å²) < 4.78 is 10.8. The van der Waals surface area contributed by atoms with E-state index in [2.05, 4.69) is 10.6 Å². The fourth-order valence-corrected chi connectivity index (χ4v) is 2.44. The normalized spacial score (nSPS) is 10.2. The number of nitrogens with one attached hydrogen (secondary N) is 2. The lowest BCUT2D eigenvalue weighted by atomic mass is 10.2. The van der Waals surface area contributed by atoms with Gasteiger partial charge in [-0.1, -0.05) is 29.3 Å². The number of carbonyl (C=O) groups is 1. The fourth-order valence-electron chi connectivity index (χ4n) is 2.15. The topological polar surface area (TPSA) is 59.6 Å². The van der Waals surface area contributed by atoms with Crippen LogP contribution in [0.5, 0.6) is 11.5 Å². The number of rotatable bonds is 6. The maximum absolute atomic E-state index is 12.0. The number of hydrogen-bond donors (Lipinski definition) is 2. The lowest BCUT2D eigenvalue weighted by Gasteiger charge is -2.14. The highest BCUT2D eigenvalue weighted by Crippen LogP contribution is 2.36. The van der Waals surface area contributed by atoms with Crippen LogP contribution in [0.25, 0.3) is 0 Å². The van der Waals surface area contributed by atoms with Crippen molar-refractivity contribution in [3.8, 4) is 11.5 Å². The van der Waals surface area contributed by atoms with Gasteiger partial charge in [0.1, 0.15) is 0 Å². The third kappa shape index (κ3) is 4.80. The molecule has 0 saturated carbocycles. The van der Waals surface area contributed by atoms with Crippen molar-refractivity contribution in [3.05, 3.63) is 52.5 Å². The Morgan fingerprint density at radius 2 is 1.92 bits per heavy atom. The van der Waals surface area contributed by atoms with Crippen LogP contribution in [0.2, 0.25) is 5.02 Å². The van der Waals surface area contributed by atoms with E-state index < -0.39 is 0 Å². The third-order valence-corrected chi connectivity index (χ3v) is 3.62. The van der Waals surface area contributed by atoms with E-state index in [1.807, 2.05) is 38.1 Å². The molecule has 0 bridgehead atoms. The molecule has 6 heteroatoms. The summed E-state index contributed by atoms with van der Waals surface area (Å²) in [5.41, 5.74) is 2.69. The van der Waals surface area contributed by atoms with Gasteiger partial charge in [0, 0.05) is 12.2 Å². The molecule has 0 heterocycles. The van der Waals surface area contributed by atoms with E-state index in [9.17, 15) is 4.79 Å². The van der Waals surface area contributed by atoms with E-state index in [0.29, 0.717) is 29.7 Å². The molecule has 0 radical (unpaired) electrons. The van der Waals surface area contributed by atoms with Crippen molar-refractivity contribution in [2.45, 2.75) is 20.4 Å². The van der Waals surface area contributed by atoms with Crippen molar-refractivity contribution in [1.29, 1.82) is 0 Å². The highest BCUT2D eigenvalue weighted by Gasteiger charge is 2.12. The van der Waals surface area contributed by atoms with Crippen LogP contribution in [0.4, 0.5) is 10.5 Å². The summed E-state index contributed by atoms with van der Waals surface area (Å²) in [6.45, 7) is 4.68. The first-order valence-electron chi connectivity index (χ1n) is 7.64. The largest absolute Gasteiger partial charge is 0.493 e. The molecule has 2 aromatic carbocycles. The fraction of sp³-hybridized carbons (Fsp3) is 0.278. The number of methoxy groups -OCH3 is 1. The van der Waals surface area contributed by atoms with Gasteiger partial charge < -0.3 is 20.1 Å². The molecular formula is C18H21ClN2O3. The van der Waals surface area contributed by atoms with Gasteiger partial charge >= 0.3 is 6.03 Å². The van der Waals surface area contributed by atoms with Crippen LogP contribution in [0, 0.1) is 6.92 Å². The number of urea groups is 1. The molecule has 0 aromatic heterocycles. The molecule has 24 heavy (non-hydrogen) atoms. The second-order valence-corrected chi connectivity index (χ2v) is 5.62. The first kappa shape index (κ1) is 17.9. The van der Waals surface area contributed by atoms with Gasteiger partial charge in [0.25, 0.3) is 0 Å². The summed E-state index contributed by atoms with van der Waals surface area (Å²) in [5.74, 6) is 1.05. The Morgan fingerprint density at radius 1 is 1.21 bits per heavy atom. The standard InChI is InChI=1S/C18H21ClN2O3/c1-4-24-17-15(19)9-13(10-16(17)23-3)11-20-18(22)21-14-7-5-12(2)6-8-14/h5-10H,4,11H2,1-3H3,(H2,20,21,22). The summed E-state index contributed by atoms with van der Waals surface area (Å²) in [7, 11) is 1.55. The molecule has 0 unspecified atom stereocenters. The minimum Gasteiger partial charge on any atom is -0.493 e. The Morgan fingerprint density at radius 3 is 2.54 bits per heavy atom. The maximum atomic E-state index is 12.0. The van der Waals surface area contributed by atoms with E-state index >= 15 is 0 Å². The summed E-state index contributed by atoms with van der Waals surface area (Å²) in [4.78, 5) is 12.0. The van der Waals surface area contributed by atoms with Crippen LogP contribution in [-0.2, 0) is 6.54 Å². The van der Waals surface area contributed by atoms with E-state index in [1.165, 1.54) is 0 Å². The van der Waals surface area contributed by atoms with Gasteiger partial charge in [-0.3, -0.25) is 0 Å². The molecule has 5 nitrogen and oxygen atoms in total. The average Bonchev–Trinajstić information content (AvgIpc) is 2.57. The van der Waals surface area contributed by atoms with Crippen LogP contribution in [0.1, 0.15) is 18.1 Å². The summed E-state index contributed by atoms with van der Waals surface area (Å²) in [5, 5.41) is 6.01. The highest BCUT2D eigenvalue weighted by atomic mass is 35.5. The van der Waals surface area contributed by atoms with E-state index in [0.717, 1.165) is 16.8 Å². The van der Waals surface area contributed by atoms with Gasteiger partial charge in [-0.15, -0.1) is 0 Å². The predicted octanol–water partition coefficient (Wildman–Crippen LogP) is 4.38. The Kier molecular flexibility index (Phi) is 6.32. The molecular weight excluding hydrogens is 328 g/mol. The zero-order chi connectivity index (χ0) is 17.5. The van der Waals surface area contributed by atoms with Gasteiger partial charge in [-0.2, -0.15) is 0 Å². The van der Waals surface area contributed by atoms with E-state index in [1.54, 1.807) is 19.2 Å². The van der Waals surface area contributed by atoms with Crippen molar-refractivity contribution in [3.63, 3.8) is 0 Å². The number of amides is 2. The second-order valence-electron chi connectivity index (χ2n) is 5.22. The Labute approximate surface area is 146 Å². The molecule has 0 atom stereocenters. The van der Waals surface area contributed by atoms with Gasteiger partial charge in [0.05, 0.1) is 18.7 Å². The lowest BCUT2D eigenvalue weighted by molar-refractivity contribution is 0.251. The van der Waals surface area contributed by atoms with Crippen molar-refractivity contribution in [1.82, 2.24) is 5.32 Å². The van der Waals surface area contributed by atoms with E-state index in [4.69, 9.17) is 21.1 Å². The summed E-state index contributed by atoms with van der Waals surface area (Å²) in [6, 6.07) is 10.8. The van der Waals surface area contributed by atoms with E-state index in [-0.39, 0.29) is 6.03 Å². The molecule has 0 spiro atoms. The van der Waals surface area contributed by atoms with Gasteiger partial charge in [-0.05, 0) is 43.7 Å². The first-order valence-corrected chi connectivity index (χ1v) is 8.02. The number of benzene rings is 2. The third-order valence-electron chi connectivity index (χ3n) is 3.34. The molecule has 128 valence electrons. The van der Waals surface area contributed by atoms with Crippen LogP contribution in [-0.4, -0.2) is 19.7 Å². The molecule has 0 aliphatic rings. The quantitative estimate of drug-likeness (QED) is 0.814. The molecule has 0 aliphatic carbocycles. The first-order chi connectivity index (χ1) is 11.5. The van der Waals surface area contributed by atoms with Gasteiger partial charge in [0.15, 0.2) is 11.5 Å². The van der Waals surface area contributed by atoms with Crippen molar-refractivity contribution < 1.29 is 14.3 Å². The maximum Gasteiger partial charge on any atom is 0.319 e. The van der Waals surface area contributed by atoms with Crippen LogP contribution < -0.4 is 20.1 Å². The summed E-state index contributed by atoms with van der Waals surface area (Å²) >= 11 is 6.22. The molecule has 2 rings (SSSR count). The van der Waals surface area contributed by atoms with Crippen molar-refractivity contribution in [2.24, 2.45) is 0 Å². The smallest absolute Gasteiger partial charge is 0.319 e. The molecule has 0 aliphatic heterocycles. The average molecular weight is 349 g/mol. The number of anilines is 1. The predicted molar refractivity (Wildman–Crippen MR) is 96.2 cm³/mol. The Hall–Kier alpha value is -2.40. The zero-order valence-corrected chi connectivity index (χ0v) is 14.7. The van der Waals surface area contributed by atoms with Crippen molar-refractivity contribution in [2.75, 3.05) is 19.0 Å². The monoisotopic (exact) mass is 348 g/mol. The second kappa shape index (κ2) is 8.45. The Bertz CT molecular complexity index is 702. The number of carbonyl (C=O) groups excluding carboxylic acids is 1. The Balaban J connectivity index is 1.99. The number of halogens is 1. The van der Waals surface area contributed by atoms with Gasteiger partial charge in [-0.25, -0.2) is 4.79 Å². The minimum atomic E-state index is -0.289. The number of hydrogen-bond acceptors (Lipinski definition) is 3. The number of aryl methyl sites for hydroxylation is 1. The lowest BCUT2D eigenvalue weighted by Crippen LogP contribution is -2.28. The molecule has 2 amide bonds. The molecule has 0 saturated heterocycles. The van der Waals surface area contributed by atoms with Crippen LogP contribution in [0.3, 0.4) is 0 Å². The molecule has 2 aromatic rings. The SMILES string of the molecule is CCOc1c(Cl)cc(CNC(=O)Nc2ccc(C)cc2)cc1OC. The molecule has 2 N–H and O–H groups in total. The minimum absolute atomic E-state index is 0.289. The van der Waals surface area contributed by atoms with Gasteiger partial charge in [0.2, 0.25) is 0 Å². The summed E-state index contributed by atoms with van der Waals surface area (Å²) in [6.07, 6.45) is 0. The van der Waals surface area contributed by atoms with Crippen LogP contribution in [0.15, 0.2) is 36.4 Å². The highest BCUT2D eigenvalue weighted by molar-refractivity contribution is 6.32. The zero-order valence-electron chi connectivity index (χ0n) is 14.0. The van der Waals surface area contributed by atoms with Crippen LogP contribution >= 0.6 is 11.6 Å².